The predicted octanol–water partition coefficient (Wildman–Crippen LogP) is 3.91. The number of hydrogen-bond acceptors (Lipinski definition) is 3. The molecule has 3 aromatic rings. The molecule has 3 aromatic carbocycles. The van der Waals surface area contributed by atoms with Gasteiger partial charge >= 0.3 is 5.97 Å². The number of ether oxygens (including phenoxy) is 1. The predicted molar refractivity (Wildman–Crippen MR) is 103 cm³/mol. The molecule has 26 heavy (non-hydrogen) atoms. The highest BCUT2D eigenvalue weighted by Crippen LogP contribution is 2.20. The molecule has 0 radical (unpaired) electrons. The second-order valence-corrected chi connectivity index (χ2v) is 6.54. The summed E-state index contributed by atoms with van der Waals surface area (Å²) < 4.78 is 5.57. The molecule has 0 saturated heterocycles. The summed E-state index contributed by atoms with van der Waals surface area (Å²) in [4.78, 5) is 12.9. The molecule has 0 heterocycles. The van der Waals surface area contributed by atoms with Crippen molar-refractivity contribution in [2.45, 2.75) is 25.0 Å². The zero-order valence-electron chi connectivity index (χ0n) is 14.7. The van der Waals surface area contributed by atoms with E-state index in [-0.39, 0.29) is 12.6 Å². The molecule has 3 heteroatoms. The Bertz CT molecular complexity index is 775. The minimum Gasteiger partial charge on any atom is -0.459 e. The Balaban J connectivity index is 1.78. The van der Waals surface area contributed by atoms with Crippen molar-refractivity contribution in [2.75, 3.05) is 0 Å². The Labute approximate surface area is 154 Å². The topological polar surface area (TPSA) is 52.3 Å². The highest BCUT2D eigenvalue weighted by atomic mass is 16.5. The summed E-state index contributed by atoms with van der Waals surface area (Å²) in [7, 11) is 0. The van der Waals surface area contributed by atoms with Crippen molar-refractivity contribution in [3.8, 4) is 0 Å². The van der Waals surface area contributed by atoms with Crippen LogP contribution in [0.3, 0.4) is 0 Å². The van der Waals surface area contributed by atoms with Crippen molar-refractivity contribution < 1.29 is 9.53 Å². The second kappa shape index (κ2) is 8.45. The molecular formula is C23H23NO2. The van der Waals surface area contributed by atoms with Crippen molar-refractivity contribution in [3.05, 3.63) is 108 Å². The van der Waals surface area contributed by atoms with Gasteiger partial charge in [-0.25, -0.2) is 0 Å². The van der Waals surface area contributed by atoms with Gasteiger partial charge in [0.15, 0.2) is 0 Å². The highest BCUT2D eigenvalue weighted by molar-refractivity contribution is 5.81. The molecule has 0 atom stereocenters. The van der Waals surface area contributed by atoms with Crippen LogP contribution in [0.5, 0.6) is 0 Å². The van der Waals surface area contributed by atoms with Gasteiger partial charge in [-0.1, -0.05) is 91.0 Å². The second-order valence-electron chi connectivity index (χ2n) is 6.54. The van der Waals surface area contributed by atoms with Crippen LogP contribution < -0.4 is 5.73 Å². The SMILES string of the molecule is NC(Cc1ccccc1)(Cc1ccccc1)C(=O)OCc1ccccc1. The Kier molecular flexibility index (Phi) is 5.82. The molecule has 2 N–H and O–H groups in total. The highest BCUT2D eigenvalue weighted by Gasteiger charge is 2.36. The van der Waals surface area contributed by atoms with Gasteiger partial charge in [-0.05, 0) is 16.7 Å². The van der Waals surface area contributed by atoms with Gasteiger partial charge in [0.25, 0.3) is 0 Å². The van der Waals surface area contributed by atoms with Gasteiger partial charge in [0, 0.05) is 12.8 Å². The molecule has 0 amide bonds. The van der Waals surface area contributed by atoms with Crippen molar-refractivity contribution in [1.82, 2.24) is 0 Å². The smallest absolute Gasteiger partial charge is 0.327 e. The van der Waals surface area contributed by atoms with E-state index in [0.29, 0.717) is 12.8 Å². The first-order valence-corrected chi connectivity index (χ1v) is 8.74. The summed E-state index contributed by atoms with van der Waals surface area (Å²) in [5.74, 6) is -0.381. The summed E-state index contributed by atoms with van der Waals surface area (Å²) in [6.45, 7) is 0.224. The van der Waals surface area contributed by atoms with E-state index in [1.807, 2.05) is 91.0 Å². The lowest BCUT2D eigenvalue weighted by atomic mass is 9.85. The molecular weight excluding hydrogens is 322 g/mol. The minimum atomic E-state index is -1.11. The third kappa shape index (κ3) is 4.80. The van der Waals surface area contributed by atoms with E-state index in [1.54, 1.807) is 0 Å². The average molecular weight is 345 g/mol. The summed E-state index contributed by atoms with van der Waals surface area (Å²) in [5, 5.41) is 0. The fraction of sp³-hybridized carbons (Fsp3) is 0.174. The molecule has 0 aromatic heterocycles. The molecule has 0 aliphatic carbocycles. The van der Waals surface area contributed by atoms with Gasteiger partial charge in [0.05, 0.1) is 0 Å². The van der Waals surface area contributed by atoms with Gasteiger partial charge in [-0.3, -0.25) is 4.79 Å². The molecule has 0 aliphatic rings. The summed E-state index contributed by atoms with van der Waals surface area (Å²) in [6.07, 6.45) is 0.854. The normalized spacial score (nSPS) is 11.1. The molecule has 0 unspecified atom stereocenters. The van der Waals surface area contributed by atoms with Gasteiger partial charge in [0.1, 0.15) is 12.1 Å². The first-order valence-electron chi connectivity index (χ1n) is 8.74. The summed E-state index contributed by atoms with van der Waals surface area (Å²) in [5.41, 5.74) is 8.46. The first kappa shape index (κ1) is 17.9. The quantitative estimate of drug-likeness (QED) is 0.661. The Morgan fingerprint density at radius 1 is 0.692 bits per heavy atom. The average Bonchev–Trinajstić information content (AvgIpc) is 2.68. The number of nitrogens with two attached hydrogens (primary N) is 1. The number of carbonyl (C=O) groups is 1. The maximum atomic E-state index is 12.9. The first-order chi connectivity index (χ1) is 12.7. The van der Waals surface area contributed by atoms with Crippen LogP contribution in [0.1, 0.15) is 16.7 Å². The van der Waals surface area contributed by atoms with Crippen LogP contribution in [-0.4, -0.2) is 11.5 Å². The molecule has 0 spiro atoms. The van der Waals surface area contributed by atoms with Crippen molar-refractivity contribution in [3.63, 3.8) is 0 Å². The van der Waals surface area contributed by atoms with Gasteiger partial charge < -0.3 is 10.5 Å². The van der Waals surface area contributed by atoms with Crippen LogP contribution in [-0.2, 0) is 29.0 Å². The summed E-state index contributed by atoms with van der Waals surface area (Å²) >= 11 is 0. The van der Waals surface area contributed by atoms with Crippen molar-refractivity contribution >= 4 is 5.97 Å². The van der Waals surface area contributed by atoms with E-state index >= 15 is 0 Å². The molecule has 132 valence electrons. The standard InChI is InChI=1S/C23H23NO2/c24-23(16-19-10-4-1-5-11-19,17-20-12-6-2-7-13-20)22(25)26-18-21-14-8-3-9-15-21/h1-15H,16-18,24H2. The van der Waals surface area contributed by atoms with E-state index in [9.17, 15) is 4.79 Å². The Morgan fingerprint density at radius 2 is 1.08 bits per heavy atom. The maximum absolute atomic E-state index is 12.9. The van der Waals surface area contributed by atoms with Gasteiger partial charge in [-0.2, -0.15) is 0 Å². The Hall–Kier alpha value is -2.91. The fourth-order valence-electron chi connectivity index (χ4n) is 2.99. The zero-order valence-corrected chi connectivity index (χ0v) is 14.7. The van der Waals surface area contributed by atoms with Crippen molar-refractivity contribution in [1.29, 1.82) is 0 Å². The molecule has 0 aliphatic heterocycles. The van der Waals surface area contributed by atoms with Crippen molar-refractivity contribution in [2.24, 2.45) is 5.73 Å². The molecule has 3 nitrogen and oxygen atoms in total. The number of benzene rings is 3. The third-order valence-corrected chi connectivity index (χ3v) is 4.34. The van der Waals surface area contributed by atoms with Crippen LogP contribution in [0, 0.1) is 0 Å². The largest absolute Gasteiger partial charge is 0.459 e. The lowest BCUT2D eigenvalue weighted by Crippen LogP contribution is -2.52. The molecule has 0 bridgehead atoms. The van der Waals surface area contributed by atoms with Crippen LogP contribution in [0.15, 0.2) is 91.0 Å². The van der Waals surface area contributed by atoms with E-state index in [0.717, 1.165) is 16.7 Å². The minimum absolute atomic E-state index is 0.224. The number of carbonyl (C=O) groups excluding carboxylic acids is 1. The number of rotatable bonds is 7. The van der Waals surface area contributed by atoms with E-state index in [2.05, 4.69) is 0 Å². The van der Waals surface area contributed by atoms with Gasteiger partial charge in [0.2, 0.25) is 0 Å². The van der Waals surface area contributed by atoms with Crippen LogP contribution in [0.25, 0.3) is 0 Å². The zero-order chi connectivity index (χ0) is 18.2. The lowest BCUT2D eigenvalue weighted by molar-refractivity contribution is -0.151. The molecule has 0 fully saturated rings. The third-order valence-electron chi connectivity index (χ3n) is 4.34. The molecule has 3 rings (SSSR count). The number of hydrogen-bond donors (Lipinski definition) is 1. The Morgan fingerprint density at radius 3 is 1.50 bits per heavy atom. The lowest BCUT2D eigenvalue weighted by Gasteiger charge is -2.27. The number of esters is 1. The van der Waals surface area contributed by atoms with Crippen LogP contribution in [0.4, 0.5) is 0 Å². The van der Waals surface area contributed by atoms with E-state index in [4.69, 9.17) is 10.5 Å². The van der Waals surface area contributed by atoms with Gasteiger partial charge in [-0.15, -0.1) is 0 Å². The maximum Gasteiger partial charge on any atom is 0.327 e. The molecule has 0 saturated carbocycles. The van der Waals surface area contributed by atoms with Crippen LogP contribution in [0.2, 0.25) is 0 Å². The van der Waals surface area contributed by atoms with E-state index < -0.39 is 5.54 Å². The fourth-order valence-corrected chi connectivity index (χ4v) is 2.99. The summed E-state index contributed by atoms with van der Waals surface area (Å²) in [6, 6.07) is 29.3. The van der Waals surface area contributed by atoms with Crippen LogP contribution >= 0.6 is 0 Å². The van der Waals surface area contributed by atoms with E-state index in [1.165, 1.54) is 0 Å². The monoisotopic (exact) mass is 345 g/mol.